The lowest BCUT2D eigenvalue weighted by atomic mass is 9.98. The molecule has 266 valence electrons. The third-order valence-corrected chi connectivity index (χ3v) is 10.2. The van der Waals surface area contributed by atoms with Crippen molar-refractivity contribution in [2.75, 3.05) is 0 Å². The highest BCUT2D eigenvalue weighted by molar-refractivity contribution is 6.12. The second kappa shape index (κ2) is 12.7. The summed E-state index contributed by atoms with van der Waals surface area (Å²) in [6.07, 6.45) is 1.82. The van der Waals surface area contributed by atoms with Gasteiger partial charge in [0, 0.05) is 57.5 Å². The maximum Gasteiger partial charge on any atom is 0.420 e. The van der Waals surface area contributed by atoms with Crippen molar-refractivity contribution in [2.45, 2.75) is 6.18 Å². The van der Waals surface area contributed by atoms with Crippen LogP contribution in [0.25, 0.3) is 93.7 Å². The Morgan fingerprint density at radius 2 is 0.929 bits per heavy atom. The van der Waals surface area contributed by atoms with Crippen LogP contribution in [-0.4, -0.2) is 29.1 Å². The summed E-state index contributed by atoms with van der Waals surface area (Å²) >= 11 is 0. The van der Waals surface area contributed by atoms with Crippen LogP contribution in [0, 0.1) is 6.57 Å². The van der Waals surface area contributed by atoms with E-state index in [1.54, 1.807) is 76.4 Å². The minimum atomic E-state index is -4.81. The van der Waals surface area contributed by atoms with Gasteiger partial charge in [0.15, 0.2) is 17.3 Å². The highest BCUT2D eigenvalue weighted by atomic mass is 19.4. The lowest BCUT2D eigenvalue weighted by Gasteiger charge is -2.23. The molecule has 10 aromatic rings. The Hall–Kier alpha value is -7.64. The number of alkyl halides is 3. The van der Waals surface area contributed by atoms with Crippen LogP contribution in [0.3, 0.4) is 0 Å². The van der Waals surface area contributed by atoms with Crippen molar-refractivity contribution in [2.24, 2.45) is 0 Å². The van der Waals surface area contributed by atoms with E-state index in [9.17, 15) is 0 Å². The van der Waals surface area contributed by atoms with Crippen molar-refractivity contribution < 1.29 is 13.2 Å². The Kier molecular flexibility index (Phi) is 7.50. The van der Waals surface area contributed by atoms with Crippen LogP contribution >= 0.6 is 0 Å². The lowest BCUT2D eigenvalue weighted by molar-refractivity contribution is -0.137. The smallest absolute Gasteiger partial charge is 0.309 e. The standard InChI is InChI=1S/C46H26F3N7/c1-50-32-10-6-9-28(23-32)31-26-41(55-37-13-4-2-11-33(37)35-24-29(15-17-39(35)55)44-51-19-7-20-52-44)43(46(47,48)49)42(27-31)56-38-14-5-3-12-34(38)36-25-30(16-18-40(36)56)45-53-21-8-22-54-45/h2-27H. The van der Waals surface area contributed by atoms with Gasteiger partial charge >= 0.3 is 6.18 Å². The summed E-state index contributed by atoms with van der Waals surface area (Å²) in [6, 6.07) is 39.8. The quantitative estimate of drug-likeness (QED) is 0.165. The molecule has 10 heteroatoms. The van der Waals surface area contributed by atoms with Crippen molar-refractivity contribution in [3.63, 3.8) is 0 Å². The predicted octanol–water partition coefficient (Wildman–Crippen LogP) is 12.0. The minimum Gasteiger partial charge on any atom is -0.309 e. The summed E-state index contributed by atoms with van der Waals surface area (Å²) in [5.41, 5.74) is 4.48. The first kappa shape index (κ1) is 33.0. The molecular formula is C46H26F3N7. The molecular weight excluding hydrogens is 708 g/mol. The lowest BCUT2D eigenvalue weighted by Crippen LogP contribution is -2.16. The molecule has 0 atom stereocenters. The van der Waals surface area contributed by atoms with E-state index in [1.165, 1.54) is 0 Å². The molecule has 0 aliphatic carbocycles. The van der Waals surface area contributed by atoms with Gasteiger partial charge in [-0.05, 0) is 90.0 Å². The van der Waals surface area contributed by atoms with Gasteiger partial charge in [-0.15, -0.1) is 0 Å². The maximum absolute atomic E-state index is 16.2. The van der Waals surface area contributed by atoms with Crippen LogP contribution in [0.2, 0.25) is 0 Å². The van der Waals surface area contributed by atoms with E-state index in [-0.39, 0.29) is 11.4 Å². The van der Waals surface area contributed by atoms with Crippen LogP contribution in [0.1, 0.15) is 5.56 Å². The monoisotopic (exact) mass is 733 g/mol. The van der Waals surface area contributed by atoms with Gasteiger partial charge in [0.1, 0.15) is 5.56 Å². The number of hydrogen-bond donors (Lipinski definition) is 0. The molecule has 4 heterocycles. The fourth-order valence-electron chi connectivity index (χ4n) is 7.82. The Morgan fingerprint density at radius 3 is 1.41 bits per heavy atom. The molecule has 0 saturated carbocycles. The molecule has 0 bridgehead atoms. The number of nitrogens with zero attached hydrogens (tertiary/aromatic N) is 7. The van der Waals surface area contributed by atoms with E-state index in [2.05, 4.69) is 24.8 Å². The predicted molar refractivity (Wildman–Crippen MR) is 214 cm³/mol. The van der Waals surface area contributed by atoms with Gasteiger partial charge in [0.25, 0.3) is 0 Å². The largest absolute Gasteiger partial charge is 0.420 e. The first-order valence-electron chi connectivity index (χ1n) is 17.7. The topological polar surface area (TPSA) is 65.8 Å². The number of benzene rings is 6. The molecule has 6 aromatic carbocycles. The second-order valence-corrected chi connectivity index (χ2v) is 13.4. The van der Waals surface area contributed by atoms with Gasteiger partial charge in [-0.25, -0.2) is 24.8 Å². The Labute approximate surface area is 317 Å². The van der Waals surface area contributed by atoms with Crippen LogP contribution < -0.4 is 0 Å². The van der Waals surface area contributed by atoms with Gasteiger partial charge in [-0.3, -0.25) is 0 Å². The van der Waals surface area contributed by atoms with E-state index < -0.39 is 11.7 Å². The fourth-order valence-corrected chi connectivity index (χ4v) is 7.82. The molecule has 4 aromatic heterocycles. The number of rotatable bonds is 5. The first-order chi connectivity index (χ1) is 27.4. The van der Waals surface area contributed by atoms with Gasteiger partial charge in [-0.2, -0.15) is 13.2 Å². The molecule has 0 spiro atoms. The number of aromatic nitrogens is 6. The van der Waals surface area contributed by atoms with Gasteiger partial charge in [0.2, 0.25) is 0 Å². The molecule has 0 amide bonds. The molecule has 0 N–H and O–H groups in total. The molecule has 0 aliphatic rings. The van der Waals surface area contributed by atoms with Crippen LogP contribution in [0.15, 0.2) is 158 Å². The summed E-state index contributed by atoms with van der Waals surface area (Å²) in [7, 11) is 0. The van der Waals surface area contributed by atoms with E-state index in [0.717, 1.165) is 32.7 Å². The molecule has 0 saturated heterocycles. The van der Waals surface area contributed by atoms with E-state index in [0.29, 0.717) is 50.5 Å². The Bertz CT molecular complexity index is 3020. The first-order valence-corrected chi connectivity index (χ1v) is 17.7. The number of halogens is 3. The molecule has 0 fully saturated rings. The third kappa shape index (κ3) is 5.28. The van der Waals surface area contributed by atoms with Crippen molar-refractivity contribution in [1.82, 2.24) is 29.1 Å². The fraction of sp³-hybridized carbons (Fsp3) is 0.0217. The number of fused-ring (bicyclic) bond motifs is 6. The summed E-state index contributed by atoms with van der Waals surface area (Å²) in [4.78, 5) is 21.3. The SMILES string of the molecule is [C-]#[N+]c1cccc(-c2cc(-n3c4ccccc4c4cc(-c5ncccn5)ccc43)c(C(F)(F)F)c(-n3c4ccccc4c4cc(-c5ncccn5)ccc43)c2)c1. The summed E-state index contributed by atoms with van der Waals surface area (Å²) in [6.45, 7) is 7.70. The summed E-state index contributed by atoms with van der Waals surface area (Å²) < 4.78 is 52.1. The van der Waals surface area contributed by atoms with E-state index >= 15 is 13.2 Å². The second-order valence-electron chi connectivity index (χ2n) is 13.4. The molecule has 56 heavy (non-hydrogen) atoms. The van der Waals surface area contributed by atoms with E-state index in [4.69, 9.17) is 6.57 Å². The molecule has 7 nitrogen and oxygen atoms in total. The number of para-hydroxylation sites is 2. The average molecular weight is 734 g/mol. The molecule has 10 rings (SSSR count). The highest BCUT2D eigenvalue weighted by Crippen LogP contribution is 2.46. The van der Waals surface area contributed by atoms with Crippen LogP contribution in [0.4, 0.5) is 18.9 Å². The zero-order valence-corrected chi connectivity index (χ0v) is 29.3. The van der Waals surface area contributed by atoms with E-state index in [1.807, 2.05) is 91.0 Å². The van der Waals surface area contributed by atoms with Crippen molar-refractivity contribution >= 4 is 49.3 Å². The molecule has 0 aliphatic heterocycles. The van der Waals surface area contributed by atoms with Gasteiger partial charge in [0.05, 0.1) is 40.0 Å². The normalized spacial score (nSPS) is 11.8. The van der Waals surface area contributed by atoms with Crippen LogP contribution in [0.5, 0.6) is 0 Å². The maximum atomic E-state index is 16.2. The Morgan fingerprint density at radius 1 is 0.446 bits per heavy atom. The van der Waals surface area contributed by atoms with Crippen molar-refractivity contribution in [3.8, 4) is 45.3 Å². The van der Waals surface area contributed by atoms with Crippen molar-refractivity contribution in [1.29, 1.82) is 0 Å². The molecule has 0 radical (unpaired) electrons. The molecule has 0 unspecified atom stereocenters. The van der Waals surface area contributed by atoms with Crippen molar-refractivity contribution in [3.05, 3.63) is 175 Å². The summed E-state index contributed by atoms with van der Waals surface area (Å²) in [5, 5.41) is 3.08. The zero-order chi connectivity index (χ0) is 38.0. The Balaban J connectivity index is 1.34. The highest BCUT2D eigenvalue weighted by Gasteiger charge is 2.39. The minimum absolute atomic E-state index is 0.0478. The third-order valence-electron chi connectivity index (χ3n) is 10.2. The average Bonchev–Trinajstić information content (AvgIpc) is 3.75. The summed E-state index contributed by atoms with van der Waals surface area (Å²) in [5.74, 6) is 1.03. The van der Waals surface area contributed by atoms with Crippen LogP contribution in [-0.2, 0) is 6.18 Å². The van der Waals surface area contributed by atoms with Gasteiger partial charge in [-0.1, -0.05) is 54.6 Å². The zero-order valence-electron chi connectivity index (χ0n) is 29.3. The number of hydrogen-bond acceptors (Lipinski definition) is 4. The van der Waals surface area contributed by atoms with Gasteiger partial charge < -0.3 is 9.13 Å².